The molecule has 1 aliphatic rings. The normalized spacial score (nSPS) is 13.9. The molecule has 150 valence electrons. The van der Waals surface area contributed by atoms with Gasteiger partial charge in [-0.15, -0.1) is 0 Å². The molecule has 5 nitrogen and oxygen atoms in total. The Labute approximate surface area is 181 Å². The predicted octanol–water partition coefficient (Wildman–Crippen LogP) is 5.47. The van der Waals surface area contributed by atoms with Gasteiger partial charge in [0.15, 0.2) is 5.11 Å². The molecule has 0 unspecified atom stereocenters. The van der Waals surface area contributed by atoms with Crippen LogP contribution in [-0.2, 0) is 6.54 Å². The SMILES string of the molecule is S=C(NCc1ccc(-c2ccc(Cl)cc2)o1)Nc1ccc(N2CCCCC2)nc1. The summed E-state index contributed by atoms with van der Waals surface area (Å²) in [6, 6.07) is 15.5. The second kappa shape index (κ2) is 9.29. The van der Waals surface area contributed by atoms with Crippen molar-refractivity contribution in [3.8, 4) is 11.3 Å². The molecule has 0 atom stereocenters. The maximum absolute atomic E-state index is 5.93. The van der Waals surface area contributed by atoms with Crippen LogP contribution in [0.3, 0.4) is 0 Å². The number of rotatable bonds is 5. The van der Waals surface area contributed by atoms with Crippen LogP contribution in [0, 0.1) is 0 Å². The third-order valence-corrected chi connectivity index (χ3v) is 5.40. The van der Waals surface area contributed by atoms with Crippen molar-refractivity contribution in [2.45, 2.75) is 25.8 Å². The van der Waals surface area contributed by atoms with Gasteiger partial charge in [-0.2, -0.15) is 0 Å². The topological polar surface area (TPSA) is 53.3 Å². The smallest absolute Gasteiger partial charge is 0.171 e. The second-order valence-corrected chi connectivity index (χ2v) is 7.88. The number of anilines is 2. The van der Waals surface area contributed by atoms with Crippen LogP contribution in [0.4, 0.5) is 11.5 Å². The first kappa shape index (κ1) is 19.7. The van der Waals surface area contributed by atoms with Crippen molar-refractivity contribution in [3.63, 3.8) is 0 Å². The van der Waals surface area contributed by atoms with Crippen molar-refractivity contribution in [1.82, 2.24) is 10.3 Å². The standard InChI is InChI=1S/C22H23ClN4OS/c23-17-6-4-16(5-7-17)20-10-9-19(28-20)15-25-22(29)26-18-8-11-21(24-14-18)27-12-2-1-3-13-27/h4-11,14H,1-3,12-13,15H2,(H2,25,26,29). The van der Waals surface area contributed by atoms with Crippen molar-refractivity contribution in [2.75, 3.05) is 23.3 Å². The fourth-order valence-electron chi connectivity index (χ4n) is 3.35. The van der Waals surface area contributed by atoms with E-state index in [4.69, 9.17) is 28.2 Å². The Balaban J connectivity index is 1.28. The maximum Gasteiger partial charge on any atom is 0.171 e. The lowest BCUT2D eigenvalue weighted by Crippen LogP contribution is -2.30. The van der Waals surface area contributed by atoms with Crippen LogP contribution in [0.1, 0.15) is 25.0 Å². The summed E-state index contributed by atoms with van der Waals surface area (Å²) in [5.41, 5.74) is 1.85. The van der Waals surface area contributed by atoms with Crippen LogP contribution >= 0.6 is 23.8 Å². The number of thiocarbonyl (C=S) groups is 1. The van der Waals surface area contributed by atoms with Gasteiger partial charge in [0.25, 0.3) is 0 Å². The van der Waals surface area contributed by atoms with Crippen molar-refractivity contribution in [2.24, 2.45) is 0 Å². The van der Waals surface area contributed by atoms with E-state index in [0.29, 0.717) is 16.7 Å². The summed E-state index contributed by atoms with van der Waals surface area (Å²) in [7, 11) is 0. The minimum Gasteiger partial charge on any atom is -0.459 e. The number of hydrogen-bond acceptors (Lipinski definition) is 4. The second-order valence-electron chi connectivity index (χ2n) is 7.03. The molecule has 2 aromatic heterocycles. The van der Waals surface area contributed by atoms with Gasteiger partial charge in [-0.3, -0.25) is 0 Å². The molecule has 1 saturated heterocycles. The number of halogens is 1. The minimum absolute atomic E-state index is 0.499. The summed E-state index contributed by atoms with van der Waals surface area (Å²) in [6.07, 6.45) is 5.61. The number of aromatic nitrogens is 1. The zero-order valence-corrected chi connectivity index (χ0v) is 17.6. The lowest BCUT2D eigenvalue weighted by Gasteiger charge is -2.27. The van der Waals surface area contributed by atoms with Gasteiger partial charge in [-0.1, -0.05) is 11.6 Å². The Hall–Kier alpha value is -2.57. The molecule has 0 saturated carbocycles. The third-order valence-electron chi connectivity index (χ3n) is 4.90. The zero-order chi connectivity index (χ0) is 20.1. The van der Waals surface area contributed by atoms with Crippen LogP contribution in [0.25, 0.3) is 11.3 Å². The van der Waals surface area contributed by atoms with Gasteiger partial charge in [-0.25, -0.2) is 4.98 Å². The minimum atomic E-state index is 0.499. The van der Waals surface area contributed by atoms with Crippen LogP contribution < -0.4 is 15.5 Å². The van der Waals surface area contributed by atoms with E-state index in [9.17, 15) is 0 Å². The average molecular weight is 427 g/mol. The molecular formula is C22H23ClN4OS. The fourth-order valence-corrected chi connectivity index (χ4v) is 3.67. The highest BCUT2D eigenvalue weighted by Crippen LogP contribution is 2.24. The highest BCUT2D eigenvalue weighted by molar-refractivity contribution is 7.80. The van der Waals surface area contributed by atoms with Crippen molar-refractivity contribution in [1.29, 1.82) is 0 Å². The average Bonchev–Trinajstić information content (AvgIpc) is 3.23. The molecule has 7 heteroatoms. The Bertz CT molecular complexity index is 950. The lowest BCUT2D eigenvalue weighted by atomic mass is 10.1. The van der Waals surface area contributed by atoms with E-state index in [1.807, 2.05) is 54.7 Å². The quantitative estimate of drug-likeness (QED) is 0.527. The van der Waals surface area contributed by atoms with Gasteiger partial charge < -0.3 is 20.0 Å². The number of pyridine rings is 1. The highest BCUT2D eigenvalue weighted by Gasteiger charge is 2.12. The summed E-state index contributed by atoms with van der Waals surface area (Å²) >= 11 is 11.3. The Morgan fingerprint density at radius 3 is 2.55 bits per heavy atom. The number of nitrogens with one attached hydrogen (secondary N) is 2. The summed E-state index contributed by atoms with van der Waals surface area (Å²) in [5.74, 6) is 2.63. The van der Waals surface area contributed by atoms with E-state index in [2.05, 4.69) is 20.5 Å². The van der Waals surface area contributed by atoms with Gasteiger partial charge in [0, 0.05) is 23.7 Å². The molecule has 3 aromatic rings. The number of hydrogen-bond donors (Lipinski definition) is 2. The fraction of sp³-hybridized carbons (Fsp3) is 0.273. The molecule has 29 heavy (non-hydrogen) atoms. The molecule has 0 amide bonds. The summed E-state index contributed by atoms with van der Waals surface area (Å²) in [5, 5.41) is 7.57. The molecule has 3 heterocycles. The predicted molar refractivity (Wildman–Crippen MR) is 123 cm³/mol. The Morgan fingerprint density at radius 1 is 1.03 bits per heavy atom. The third kappa shape index (κ3) is 5.28. The van der Waals surface area contributed by atoms with E-state index in [1.165, 1.54) is 19.3 Å². The van der Waals surface area contributed by atoms with Crippen molar-refractivity contribution in [3.05, 3.63) is 65.5 Å². The Morgan fingerprint density at radius 2 is 1.83 bits per heavy atom. The number of benzene rings is 1. The first-order chi connectivity index (χ1) is 14.2. The largest absolute Gasteiger partial charge is 0.459 e. The summed E-state index contributed by atoms with van der Waals surface area (Å²) in [6.45, 7) is 2.67. The molecule has 1 fully saturated rings. The Kier molecular flexibility index (Phi) is 6.32. The van der Waals surface area contributed by atoms with Gasteiger partial charge >= 0.3 is 0 Å². The molecule has 0 aliphatic carbocycles. The van der Waals surface area contributed by atoms with Crippen molar-refractivity contribution < 1.29 is 4.42 Å². The van der Waals surface area contributed by atoms with Gasteiger partial charge in [0.2, 0.25) is 0 Å². The molecule has 4 rings (SSSR count). The number of furan rings is 1. The summed E-state index contributed by atoms with van der Waals surface area (Å²) < 4.78 is 5.88. The van der Waals surface area contributed by atoms with Crippen LogP contribution in [-0.4, -0.2) is 23.2 Å². The summed E-state index contributed by atoms with van der Waals surface area (Å²) in [4.78, 5) is 6.90. The maximum atomic E-state index is 5.93. The molecule has 0 spiro atoms. The molecule has 1 aromatic carbocycles. The number of piperidine rings is 1. The van der Waals surface area contributed by atoms with Crippen LogP contribution in [0.15, 0.2) is 59.1 Å². The van der Waals surface area contributed by atoms with E-state index in [-0.39, 0.29) is 0 Å². The van der Waals surface area contributed by atoms with Crippen molar-refractivity contribution >= 4 is 40.4 Å². The van der Waals surface area contributed by atoms with Gasteiger partial charge in [0.05, 0.1) is 18.4 Å². The zero-order valence-electron chi connectivity index (χ0n) is 16.0. The molecular weight excluding hydrogens is 404 g/mol. The molecule has 0 bridgehead atoms. The van der Waals surface area contributed by atoms with E-state index in [1.54, 1.807) is 0 Å². The van der Waals surface area contributed by atoms with Gasteiger partial charge in [-0.05, 0) is 80.0 Å². The number of nitrogens with zero attached hydrogens (tertiary/aromatic N) is 2. The first-order valence-electron chi connectivity index (χ1n) is 9.78. The van der Waals surface area contributed by atoms with E-state index >= 15 is 0 Å². The van der Waals surface area contributed by atoms with Crippen LogP contribution in [0.5, 0.6) is 0 Å². The first-order valence-corrected chi connectivity index (χ1v) is 10.6. The highest BCUT2D eigenvalue weighted by atomic mass is 35.5. The van der Waals surface area contributed by atoms with E-state index < -0.39 is 0 Å². The lowest BCUT2D eigenvalue weighted by molar-refractivity contribution is 0.516. The van der Waals surface area contributed by atoms with Gasteiger partial charge in [0.1, 0.15) is 17.3 Å². The molecule has 1 aliphatic heterocycles. The van der Waals surface area contributed by atoms with E-state index in [0.717, 1.165) is 41.7 Å². The molecule has 2 N–H and O–H groups in total. The van der Waals surface area contributed by atoms with Crippen LogP contribution in [0.2, 0.25) is 5.02 Å². The molecule has 0 radical (unpaired) electrons. The monoisotopic (exact) mass is 426 g/mol.